The fraction of sp³-hybridized carbons (Fsp3) is 0.538. The highest BCUT2D eigenvalue weighted by molar-refractivity contribution is 7.89. The summed E-state index contributed by atoms with van der Waals surface area (Å²) in [4.78, 5) is 0.0934. The van der Waals surface area contributed by atoms with Gasteiger partial charge in [0, 0.05) is 18.2 Å². The third-order valence-electron chi connectivity index (χ3n) is 2.46. The Labute approximate surface area is 114 Å². The third kappa shape index (κ3) is 4.89. The molecule has 0 aliphatic heterocycles. The number of hydrogen-bond acceptors (Lipinski definition) is 3. The van der Waals surface area contributed by atoms with Crippen LogP contribution < -0.4 is 10.0 Å². The van der Waals surface area contributed by atoms with Crippen LogP contribution in [-0.4, -0.2) is 21.0 Å². The van der Waals surface area contributed by atoms with Crippen molar-refractivity contribution in [3.63, 3.8) is 0 Å². The number of hydrogen-bond donors (Lipinski definition) is 2. The van der Waals surface area contributed by atoms with Gasteiger partial charge in [-0.15, -0.1) is 0 Å². The van der Waals surface area contributed by atoms with Crippen LogP contribution in [0.2, 0.25) is 0 Å². The van der Waals surface area contributed by atoms with Crippen LogP contribution in [0.15, 0.2) is 23.1 Å². The predicted molar refractivity (Wildman–Crippen MR) is 73.9 cm³/mol. The second-order valence-corrected chi connectivity index (χ2v) is 6.42. The second-order valence-electron chi connectivity index (χ2n) is 4.71. The van der Waals surface area contributed by atoms with Crippen molar-refractivity contribution in [1.29, 1.82) is 0 Å². The van der Waals surface area contributed by atoms with E-state index in [1.165, 1.54) is 18.2 Å². The summed E-state index contributed by atoms with van der Waals surface area (Å²) in [5.74, 6) is -0.396. The lowest BCUT2D eigenvalue weighted by Crippen LogP contribution is -2.30. The first kappa shape index (κ1) is 16.1. The molecule has 19 heavy (non-hydrogen) atoms. The molecule has 1 aromatic carbocycles. The van der Waals surface area contributed by atoms with E-state index in [1.807, 2.05) is 6.92 Å². The molecule has 1 aromatic rings. The zero-order valence-corrected chi connectivity index (χ0v) is 12.3. The van der Waals surface area contributed by atoms with Gasteiger partial charge in [-0.2, -0.15) is 0 Å². The number of halogens is 1. The zero-order valence-electron chi connectivity index (χ0n) is 11.5. The number of sulfonamides is 1. The highest BCUT2D eigenvalue weighted by Crippen LogP contribution is 2.15. The van der Waals surface area contributed by atoms with Gasteiger partial charge < -0.3 is 5.32 Å². The van der Waals surface area contributed by atoms with Gasteiger partial charge in [-0.05, 0) is 45.0 Å². The van der Waals surface area contributed by atoms with Gasteiger partial charge in [0.05, 0.1) is 4.90 Å². The number of nitrogens with one attached hydrogen (secondary N) is 2. The minimum absolute atomic E-state index is 0.0934. The maximum Gasteiger partial charge on any atom is 0.240 e. The van der Waals surface area contributed by atoms with E-state index in [9.17, 15) is 12.8 Å². The number of benzene rings is 1. The second kappa shape index (κ2) is 6.98. The molecule has 6 heteroatoms. The molecule has 0 bridgehead atoms. The minimum atomic E-state index is -3.57. The average molecular weight is 288 g/mol. The maximum absolute atomic E-state index is 13.6. The lowest BCUT2D eigenvalue weighted by Gasteiger charge is -2.11. The SMILES string of the molecule is CCCNCc1cc(S(=O)(=O)NC(C)C)ccc1F. The normalized spacial score (nSPS) is 12.1. The first-order valence-electron chi connectivity index (χ1n) is 6.38. The maximum atomic E-state index is 13.6. The smallest absolute Gasteiger partial charge is 0.240 e. The van der Waals surface area contributed by atoms with Crippen molar-refractivity contribution >= 4 is 10.0 Å². The van der Waals surface area contributed by atoms with E-state index in [-0.39, 0.29) is 10.9 Å². The van der Waals surface area contributed by atoms with Gasteiger partial charge in [-0.1, -0.05) is 6.92 Å². The molecule has 0 aromatic heterocycles. The van der Waals surface area contributed by atoms with Crippen LogP contribution in [-0.2, 0) is 16.6 Å². The van der Waals surface area contributed by atoms with E-state index in [4.69, 9.17) is 0 Å². The Balaban J connectivity index is 2.95. The predicted octanol–water partition coefficient (Wildman–Crippen LogP) is 2.01. The van der Waals surface area contributed by atoms with Crippen molar-refractivity contribution in [2.75, 3.05) is 6.54 Å². The van der Waals surface area contributed by atoms with Crippen molar-refractivity contribution in [2.24, 2.45) is 0 Å². The minimum Gasteiger partial charge on any atom is -0.313 e. The molecule has 108 valence electrons. The molecule has 0 atom stereocenters. The van der Waals surface area contributed by atoms with Gasteiger partial charge in [0.2, 0.25) is 10.0 Å². The molecular formula is C13H21FN2O2S. The van der Waals surface area contributed by atoms with Crippen LogP contribution in [0, 0.1) is 5.82 Å². The molecule has 0 fully saturated rings. The molecule has 0 spiro atoms. The molecule has 4 nitrogen and oxygen atoms in total. The van der Waals surface area contributed by atoms with Crippen LogP contribution in [0.25, 0.3) is 0 Å². The van der Waals surface area contributed by atoms with Crippen molar-refractivity contribution < 1.29 is 12.8 Å². The average Bonchev–Trinajstić information content (AvgIpc) is 2.30. The third-order valence-corrected chi connectivity index (χ3v) is 4.12. The summed E-state index contributed by atoms with van der Waals surface area (Å²) in [7, 11) is -3.57. The molecule has 2 N–H and O–H groups in total. The Bertz CT molecular complexity index is 515. The van der Waals surface area contributed by atoms with E-state index in [1.54, 1.807) is 13.8 Å². The first-order chi connectivity index (χ1) is 8.86. The van der Waals surface area contributed by atoms with Gasteiger partial charge in [-0.3, -0.25) is 0 Å². The monoisotopic (exact) mass is 288 g/mol. The van der Waals surface area contributed by atoms with Gasteiger partial charge in [0.25, 0.3) is 0 Å². The molecule has 1 rings (SSSR count). The molecule has 0 aliphatic carbocycles. The summed E-state index contributed by atoms with van der Waals surface area (Å²) in [6, 6.07) is 3.65. The van der Waals surface area contributed by atoms with E-state index < -0.39 is 15.8 Å². The van der Waals surface area contributed by atoms with Crippen LogP contribution in [0.1, 0.15) is 32.8 Å². The molecular weight excluding hydrogens is 267 g/mol. The Morgan fingerprint density at radius 1 is 1.32 bits per heavy atom. The molecule has 0 radical (unpaired) electrons. The van der Waals surface area contributed by atoms with E-state index >= 15 is 0 Å². The summed E-state index contributed by atoms with van der Waals surface area (Å²) in [6.45, 7) is 6.58. The van der Waals surface area contributed by atoms with Crippen LogP contribution >= 0.6 is 0 Å². The summed E-state index contributed by atoms with van der Waals surface area (Å²) < 4.78 is 40.0. The van der Waals surface area contributed by atoms with Gasteiger partial charge in [0.15, 0.2) is 0 Å². The zero-order chi connectivity index (χ0) is 14.5. The van der Waals surface area contributed by atoms with E-state index in [0.29, 0.717) is 12.1 Å². The molecule has 0 amide bonds. The molecule has 0 heterocycles. The first-order valence-corrected chi connectivity index (χ1v) is 7.86. The Morgan fingerprint density at radius 2 is 2.00 bits per heavy atom. The Morgan fingerprint density at radius 3 is 2.58 bits per heavy atom. The summed E-state index contributed by atoms with van der Waals surface area (Å²) in [5.41, 5.74) is 0.361. The molecule has 0 aliphatic rings. The lowest BCUT2D eigenvalue weighted by atomic mass is 10.2. The lowest BCUT2D eigenvalue weighted by molar-refractivity contribution is 0.566. The van der Waals surface area contributed by atoms with Crippen molar-refractivity contribution in [1.82, 2.24) is 10.0 Å². The van der Waals surface area contributed by atoms with Gasteiger partial charge >= 0.3 is 0 Å². The molecule has 0 unspecified atom stereocenters. The Hall–Kier alpha value is -0.980. The van der Waals surface area contributed by atoms with Crippen molar-refractivity contribution in [2.45, 2.75) is 44.7 Å². The standard InChI is InChI=1S/C13H21FN2O2S/c1-4-7-15-9-11-8-12(5-6-13(11)14)19(17,18)16-10(2)3/h5-6,8,10,15-16H,4,7,9H2,1-3H3. The van der Waals surface area contributed by atoms with Crippen molar-refractivity contribution in [3.8, 4) is 0 Å². The van der Waals surface area contributed by atoms with Gasteiger partial charge in [-0.25, -0.2) is 17.5 Å². The van der Waals surface area contributed by atoms with Gasteiger partial charge in [0.1, 0.15) is 5.82 Å². The van der Waals surface area contributed by atoms with Crippen LogP contribution in [0.4, 0.5) is 4.39 Å². The van der Waals surface area contributed by atoms with Crippen molar-refractivity contribution in [3.05, 3.63) is 29.6 Å². The fourth-order valence-corrected chi connectivity index (χ4v) is 2.93. The Kier molecular flexibility index (Phi) is 5.90. The van der Waals surface area contributed by atoms with Crippen LogP contribution in [0.3, 0.4) is 0 Å². The fourth-order valence-electron chi connectivity index (χ4n) is 1.63. The summed E-state index contributed by atoms with van der Waals surface area (Å²) >= 11 is 0. The largest absolute Gasteiger partial charge is 0.313 e. The molecule has 0 saturated carbocycles. The summed E-state index contributed by atoms with van der Waals surface area (Å²) in [5, 5.41) is 3.06. The van der Waals surface area contributed by atoms with Crippen LogP contribution in [0.5, 0.6) is 0 Å². The van der Waals surface area contributed by atoms with E-state index in [0.717, 1.165) is 13.0 Å². The topological polar surface area (TPSA) is 58.2 Å². The quantitative estimate of drug-likeness (QED) is 0.755. The van der Waals surface area contributed by atoms with E-state index in [2.05, 4.69) is 10.0 Å². The highest BCUT2D eigenvalue weighted by Gasteiger charge is 2.17. The molecule has 0 saturated heterocycles. The summed E-state index contributed by atoms with van der Waals surface area (Å²) in [6.07, 6.45) is 0.939. The highest BCUT2D eigenvalue weighted by atomic mass is 32.2. The number of rotatable bonds is 7.